The quantitative estimate of drug-likeness (QED) is 0.629. The van der Waals surface area contributed by atoms with Crippen molar-refractivity contribution in [1.29, 1.82) is 0 Å². The molecular weight excluding hydrogens is 298 g/mol. The molecule has 0 aliphatic rings. The van der Waals surface area contributed by atoms with Gasteiger partial charge in [0.2, 0.25) is 0 Å². The van der Waals surface area contributed by atoms with Crippen molar-refractivity contribution >= 4 is 35.9 Å². The first-order chi connectivity index (χ1) is 8.16. The van der Waals surface area contributed by atoms with Crippen LogP contribution in [0.25, 0.3) is 11.2 Å². The van der Waals surface area contributed by atoms with Crippen molar-refractivity contribution in [2.45, 2.75) is 25.9 Å². The summed E-state index contributed by atoms with van der Waals surface area (Å²) in [5, 5.41) is 0. The lowest BCUT2D eigenvalue weighted by atomic mass is 10.5. The van der Waals surface area contributed by atoms with Gasteiger partial charge in [0.05, 0.1) is 6.20 Å². The van der Waals surface area contributed by atoms with Crippen LogP contribution in [0.5, 0.6) is 0 Å². The number of hydrogen-bond donors (Lipinski definition) is 0. The van der Waals surface area contributed by atoms with E-state index in [9.17, 15) is 0 Å². The maximum absolute atomic E-state index is 5.64. The van der Waals surface area contributed by atoms with E-state index in [1.165, 1.54) is 6.04 Å². The van der Waals surface area contributed by atoms with Crippen molar-refractivity contribution in [3.8, 4) is 0 Å². The highest BCUT2D eigenvalue weighted by Gasteiger charge is 2.04. The number of ether oxygens (including phenoxy) is 1. The van der Waals surface area contributed by atoms with Gasteiger partial charge in [0.15, 0.2) is 5.65 Å². The minimum absolute atomic E-state index is 0.191. The lowest BCUT2D eigenvalue weighted by Gasteiger charge is -2.07. The van der Waals surface area contributed by atoms with Gasteiger partial charge in [0.25, 0.3) is 0 Å². The van der Waals surface area contributed by atoms with Crippen molar-refractivity contribution in [1.82, 2.24) is 14.5 Å². The second-order valence-electron chi connectivity index (χ2n) is 4.18. The van der Waals surface area contributed by atoms with Gasteiger partial charge in [-0.05, 0) is 28.0 Å². The molecule has 0 atom stereocenters. The summed E-state index contributed by atoms with van der Waals surface area (Å²) in [7, 11) is -0.191. The predicted octanol–water partition coefficient (Wildman–Crippen LogP) is 2.92. The Morgan fingerprint density at radius 3 is 3.06 bits per heavy atom. The van der Waals surface area contributed by atoms with Crippen molar-refractivity contribution in [3.05, 3.63) is 23.1 Å². The summed E-state index contributed by atoms with van der Waals surface area (Å²) in [4.78, 5) is 8.67. The van der Waals surface area contributed by atoms with E-state index >= 15 is 0 Å². The maximum atomic E-state index is 5.64. The molecule has 2 rings (SSSR count). The Hall–Kier alpha value is -0.723. The van der Waals surface area contributed by atoms with Crippen molar-refractivity contribution in [3.63, 3.8) is 0 Å². The SMILES string of the molecule is C[Si](C)CCOCn1ccc2nc(Br)cnc21. The molecule has 0 spiro atoms. The van der Waals surface area contributed by atoms with Crippen LogP contribution >= 0.6 is 15.9 Å². The highest BCUT2D eigenvalue weighted by Crippen LogP contribution is 2.14. The van der Waals surface area contributed by atoms with Gasteiger partial charge in [-0.1, -0.05) is 13.1 Å². The van der Waals surface area contributed by atoms with Crippen LogP contribution in [0.15, 0.2) is 23.1 Å². The second-order valence-corrected chi connectivity index (χ2v) is 7.91. The topological polar surface area (TPSA) is 39.9 Å². The predicted molar refractivity (Wildman–Crippen MR) is 73.5 cm³/mol. The molecule has 91 valence electrons. The van der Waals surface area contributed by atoms with Gasteiger partial charge in [-0.3, -0.25) is 0 Å². The van der Waals surface area contributed by atoms with Gasteiger partial charge >= 0.3 is 0 Å². The van der Waals surface area contributed by atoms with Crippen LogP contribution in [0, 0.1) is 0 Å². The van der Waals surface area contributed by atoms with Crippen LogP contribution in [-0.4, -0.2) is 29.9 Å². The highest BCUT2D eigenvalue weighted by molar-refractivity contribution is 9.10. The van der Waals surface area contributed by atoms with Crippen LogP contribution in [0.1, 0.15) is 0 Å². The minimum atomic E-state index is -0.191. The summed E-state index contributed by atoms with van der Waals surface area (Å²) < 4.78 is 8.37. The van der Waals surface area contributed by atoms with Gasteiger partial charge < -0.3 is 9.30 Å². The number of nitrogens with zero attached hydrogens (tertiary/aromatic N) is 3. The van der Waals surface area contributed by atoms with E-state index in [-0.39, 0.29) is 8.80 Å². The molecule has 0 aliphatic carbocycles. The average molecular weight is 313 g/mol. The molecule has 1 radical (unpaired) electrons. The lowest BCUT2D eigenvalue weighted by molar-refractivity contribution is 0.0902. The van der Waals surface area contributed by atoms with Crippen molar-refractivity contribution in [2.75, 3.05) is 6.61 Å². The van der Waals surface area contributed by atoms with E-state index in [1.54, 1.807) is 6.20 Å². The Balaban J connectivity index is 1.99. The fourth-order valence-corrected chi connectivity index (χ4v) is 2.33. The monoisotopic (exact) mass is 312 g/mol. The number of rotatable bonds is 5. The molecular formula is C11H15BrN3OSi. The van der Waals surface area contributed by atoms with Gasteiger partial charge in [-0.2, -0.15) is 0 Å². The second kappa shape index (κ2) is 5.75. The van der Waals surface area contributed by atoms with E-state index in [2.05, 4.69) is 39.0 Å². The van der Waals surface area contributed by atoms with Crippen LogP contribution < -0.4 is 0 Å². The number of aromatic nitrogens is 3. The van der Waals surface area contributed by atoms with E-state index in [0.29, 0.717) is 6.73 Å². The molecule has 0 unspecified atom stereocenters. The Labute approximate surface area is 111 Å². The molecule has 0 saturated heterocycles. The molecule has 2 aromatic rings. The summed E-state index contributed by atoms with van der Waals surface area (Å²) >= 11 is 3.31. The first-order valence-corrected chi connectivity index (χ1v) is 9.01. The molecule has 0 N–H and O–H groups in total. The Morgan fingerprint density at radius 1 is 1.47 bits per heavy atom. The molecule has 17 heavy (non-hydrogen) atoms. The first-order valence-electron chi connectivity index (χ1n) is 5.51. The average Bonchev–Trinajstić information content (AvgIpc) is 2.66. The molecule has 0 amide bonds. The lowest BCUT2D eigenvalue weighted by Crippen LogP contribution is -2.08. The van der Waals surface area contributed by atoms with E-state index in [0.717, 1.165) is 22.4 Å². The molecule has 4 nitrogen and oxygen atoms in total. The van der Waals surface area contributed by atoms with Crippen molar-refractivity contribution in [2.24, 2.45) is 0 Å². The fourth-order valence-electron chi connectivity index (χ4n) is 1.48. The maximum Gasteiger partial charge on any atom is 0.160 e. The third-order valence-electron chi connectivity index (χ3n) is 2.41. The molecule has 2 heterocycles. The summed E-state index contributed by atoms with van der Waals surface area (Å²) in [6.07, 6.45) is 3.67. The van der Waals surface area contributed by atoms with Gasteiger partial charge in [-0.25, -0.2) is 9.97 Å². The third kappa shape index (κ3) is 3.37. The molecule has 6 heteroatoms. The zero-order valence-electron chi connectivity index (χ0n) is 9.98. The summed E-state index contributed by atoms with van der Waals surface area (Å²) in [5.74, 6) is 0. The molecule has 0 saturated carbocycles. The summed E-state index contributed by atoms with van der Waals surface area (Å²) in [5.41, 5.74) is 1.76. The minimum Gasteiger partial charge on any atom is -0.361 e. The molecule has 2 aromatic heterocycles. The fraction of sp³-hybridized carbons (Fsp3) is 0.455. The third-order valence-corrected chi connectivity index (χ3v) is 4.00. The zero-order chi connectivity index (χ0) is 12.3. The smallest absolute Gasteiger partial charge is 0.160 e. The molecule has 0 fully saturated rings. The molecule has 0 bridgehead atoms. The number of halogens is 1. The number of fused-ring (bicyclic) bond motifs is 1. The van der Waals surface area contributed by atoms with E-state index in [4.69, 9.17) is 4.74 Å². The van der Waals surface area contributed by atoms with Crippen LogP contribution in [0.4, 0.5) is 0 Å². The highest BCUT2D eigenvalue weighted by atomic mass is 79.9. The first kappa shape index (κ1) is 12.7. The Bertz CT molecular complexity index is 500. The molecule has 0 aliphatic heterocycles. The normalized spacial score (nSPS) is 11.5. The summed E-state index contributed by atoms with van der Waals surface area (Å²) in [6, 6.07) is 3.13. The van der Waals surface area contributed by atoms with Gasteiger partial charge in [0, 0.05) is 21.6 Å². The van der Waals surface area contributed by atoms with Crippen LogP contribution in [0.2, 0.25) is 19.1 Å². The standard InChI is InChI=1S/C11H15BrN3OSi/c1-17(2)6-5-16-8-15-4-3-9-11(15)13-7-10(12)14-9/h3-4,7H,5-6,8H2,1-2H3. The van der Waals surface area contributed by atoms with Crippen LogP contribution in [0.3, 0.4) is 0 Å². The summed E-state index contributed by atoms with van der Waals surface area (Å²) in [6.45, 7) is 5.96. The largest absolute Gasteiger partial charge is 0.361 e. The Kier molecular flexibility index (Phi) is 4.30. The van der Waals surface area contributed by atoms with Crippen LogP contribution in [-0.2, 0) is 11.5 Å². The Morgan fingerprint density at radius 2 is 2.29 bits per heavy atom. The van der Waals surface area contributed by atoms with E-state index in [1.807, 2.05) is 16.8 Å². The zero-order valence-corrected chi connectivity index (χ0v) is 12.6. The number of hydrogen-bond acceptors (Lipinski definition) is 3. The van der Waals surface area contributed by atoms with Gasteiger partial charge in [-0.15, -0.1) is 0 Å². The molecule has 0 aromatic carbocycles. The van der Waals surface area contributed by atoms with E-state index < -0.39 is 0 Å². The van der Waals surface area contributed by atoms with Crippen molar-refractivity contribution < 1.29 is 4.74 Å². The van der Waals surface area contributed by atoms with Gasteiger partial charge in [0.1, 0.15) is 16.9 Å².